The number of carbonyl (C=O) groups excluding carboxylic acids is 3. The number of piperidine rings is 1. The molecule has 0 unspecified atom stereocenters. The average molecular weight is 603 g/mol. The third-order valence-electron chi connectivity index (χ3n) is 7.90. The fourth-order valence-corrected chi connectivity index (χ4v) is 5.90. The van der Waals surface area contributed by atoms with Crippen molar-refractivity contribution in [3.8, 4) is 11.1 Å². The Morgan fingerprint density at radius 1 is 1.07 bits per heavy atom. The number of halogens is 1. The van der Waals surface area contributed by atoms with Crippen LogP contribution in [0.2, 0.25) is 0 Å². The van der Waals surface area contributed by atoms with Gasteiger partial charge in [0.25, 0.3) is 5.91 Å². The summed E-state index contributed by atoms with van der Waals surface area (Å²) in [5.41, 5.74) is 8.92. The molecule has 1 aliphatic carbocycles. The van der Waals surface area contributed by atoms with E-state index in [4.69, 9.17) is 5.73 Å². The number of hydrogen-bond acceptors (Lipinski definition) is 7. The van der Waals surface area contributed by atoms with Crippen LogP contribution in [0.15, 0.2) is 47.5 Å². The first kappa shape index (κ1) is 26.1. The Morgan fingerprint density at radius 3 is 2.55 bits per heavy atom. The van der Waals surface area contributed by atoms with Crippen molar-refractivity contribution in [2.75, 3.05) is 5.32 Å². The van der Waals surface area contributed by atoms with Gasteiger partial charge in [-0.15, -0.1) is 0 Å². The maximum atomic E-state index is 13.8. The molecule has 0 bridgehead atoms. The van der Waals surface area contributed by atoms with E-state index in [-0.39, 0.29) is 35.5 Å². The van der Waals surface area contributed by atoms with Gasteiger partial charge in [-0.1, -0.05) is 19.1 Å². The highest BCUT2D eigenvalue weighted by Crippen LogP contribution is 2.59. The maximum Gasteiger partial charge on any atom is 0.285 e. The number of likely N-dealkylation sites (tertiary alicyclic amines) is 1. The summed E-state index contributed by atoms with van der Waals surface area (Å²) in [6.45, 7) is 5.76. The number of primary amides is 1. The number of hydrogen-bond donors (Lipinski definition) is 2. The molecule has 1 saturated heterocycles. The molecule has 40 heavy (non-hydrogen) atoms. The van der Waals surface area contributed by atoms with E-state index in [1.54, 1.807) is 46.9 Å². The molecule has 4 aromatic rings. The van der Waals surface area contributed by atoms with Crippen molar-refractivity contribution in [2.45, 2.75) is 52.1 Å². The summed E-state index contributed by atoms with van der Waals surface area (Å²) in [7, 11) is 0. The second-order valence-electron chi connectivity index (χ2n) is 10.8. The van der Waals surface area contributed by atoms with Gasteiger partial charge in [0.1, 0.15) is 22.3 Å². The first-order valence-corrected chi connectivity index (χ1v) is 13.7. The number of pyridine rings is 2. The minimum atomic E-state index is -0.712. The minimum absolute atomic E-state index is 0.0232. The molecule has 3 amide bonds. The molecule has 1 aliphatic heterocycles. The summed E-state index contributed by atoms with van der Waals surface area (Å²) >= 11 is 3.34. The molecule has 6 rings (SSSR count). The Kier molecular flexibility index (Phi) is 6.17. The highest BCUT2D eigenvalue weighted by atomic mass is 79.9. The number of nitrogens with two attached hydrogens (primary N) is 1. The Morgan fingerprint density at radius 2 is 1.82 bits per heavy atom. The van der Waals surface area contributed by atoms with Gasteiger partial charge in [0.2, 0.25) is 17.6 Å². The molecule has 5 heterocycles. The van der Waals surface area contributed by atoms with Crippen LogP contribution >= 0.6 is 15.9 Å². The fraction of sp³-hybridized carbons (Fsp3) is 0.321. The van der Waals surface area contributed by atoms with Gasteiger partial charge >= 0.3 is 0 Å². The van der Waals surface area contributed by atoms with Crippen molar-refractivity contribution in [3.63, 3.8) is 0 Å². The highest BCUT2D eigenvalue weighted by molar-refractivity contribution is 9.10. The Hall–Kier alpha value is -4.19. The first-order valence-electron chi connectivity index (χ1n) is 12.9. The molecule has 204 valence electrons. The zero-order valence-corrected chi connectivity index (χ0v) is 23.8. The van der Waals surface area contributed by atoms with Crippen LogP contribution in [0.5, 0.6) is 0 Å². The summed E-state index contributed by atoms with van der Waals surface area (Å²) in [5, 5.41) is 2.91. The molecular weight excluding hydrogens is 576 g/mol. The number of amides is 3. The lowest BCUT2D eigenvalue weighted by molar-refractivity contribution is -0.137. The number of aromatic nitrogens is 5. The van der Waals surface area contributed by atoms with E-state index in [0.717, 1.165) is 23.1 Å². The van der Waals surface area contributed by atoms with E-state index in [0.29, 0.717) is 33.9 Å². The molecule has 0 spiro atoms. The van der Waals surface area contributed by atoms with Crippen LogP contribution in [0.4, 0.5) is 5.82 Å². The van der Waals surface area contributed by atoms with Gasteiger partial charge in [-0.05, 0) is 65.7 Å². The fourth-order valence-electron chi connectivity index (χ4n) is 5.59. The number of rotatable bonds is 6. The normalized spacial score (nSPS) is 21.4. The second kappa shape index (κ2) is 9.47. The zero-order valence-electron chi connectivity index (χ0n) is 22.2. The molecule has 0 radical (unpaired) electrons. The van der Waals surface area contributed by atoms with Gasteiger partial charge in [0, 0.05) is 35.8 Å². The molecule has 4 aromatic heterocycles. The Balaban J connectivity index is 1.29. The van der Waals surface area contributed by atoms with Crippen LogP contribution in [0.3, 0.4) is 0 Å². The van der Waals surface area contributed by atoms with Crippen LogP contribution in [0.25, 0.3) is 16.6 Å². The molecule has 1 saturated carbocycles. The topological polar surface area (TPSA) is 148 Å². The third-order valence-corrected chi connectivity index (χ3v) is 8.34. The molecule has 3 N–H and O–H groups in total. The average Bonchev–Trinajstić information content (AvgIpc) is 3.28. The van der Waals surface area contributed by atoms with Crippen molar-refractivity contribution < 1.29 is 14.4 Å². The zero-order chi connectivity index (χ0) is 28.3. The van der Waals surface area contributed by atoms with Crippen molar-refractivity contribution in [3.05, 3.63) is 70.4 Å². The van der Waals surface area contributed by atoms with E-state index in [9.17, 15) is 14.4 Å². The molecule has 0 aromatic carbocycles. The Labute approximate surface area is 238 Å². The van der Waals surface area contributed by atoms with Crippen molar-refractivity contribution in [2.24, 2.45) is 11.1 Å². The van der Waals surface area contributed by atoms with Crippen LogP contribution in [-0.2, 0) is 16.0 Å². The van der Waals surface area contributed by atoms with E-state index in [2.05, 4.69) is 48.1 Å². The first-order chi connectivity index (χ1) is 19.0. The minimum Gasteiger partial charge on any atom is -0.363 e. The van der Waals surface area contributed by atoms with Gasteiger partial charge in [-0.3, -0.25) is 18.8 Å². The molecule has 12 heteroatoms. The molecule has 2 fully saturated rings. The standard InChI is InChI=1S/C28H27BrN8O3/c1-14-4-7-22(29)34-25(14)35-27(40)20-9-28(3)10-21(28)37(20)23(38)8-18-19-6-5-16(17-11-31-15(2)32-12-17)13-36(19)26(33-18)24(30)39/h4-7,11-13,20-21H,8-10H2,1-3H3,(H2,30,39)(H,34,35,40)/t20-,21+,28-/m0/s1. The number of fused-ring (bicyclic) bond motifs is 2. The summed E-state index contributed by atoms with van der Waals surface area (Å²) in [4.78, 5) is 58.5. The predicted molar refractivity (Wildman–Crippen MR) is 150 cm³/mol. The Bertz CT molecular complexity index is 1700. The van der Waals surface area contributed by atoms with E-state index < -0.39 is 11.9 Å². The summed E-state index contributed by atoms with van der Waals surface area (Å²) in [6.07, 6.45) is 6.47. The van der Waals surface area contributed by atoms with Crippen molar-refractivity contribution in [1.29, 1.82) is 0 Å². The largest absolute Gasteiger partial charge is 0.363 e. The smallest absolute Gasteiger partial charge is 0.285 e. The molecule has 2 aliphatic rings. The van der Waals surface area contributed by atoms with Crippen LogP contribution in [-0.4, -0.2) is 59.0 Å². The summed E-state index contributed by atoms with van der Waals surface area (Å²) in [6, 6.07) is 6.68. The molecular formula is C28H27BrN8O3. The van der Waals surface area contributed by atoms with Gasteiger partial charge in [0.15, 0.2) is 0 Å². The lowest BCUT2D eigenvalue weighted by atomic mass is 10.0. The van der Waals surface area contributed by atoms with Crippen molar-refractivity contribution in [1.82, 2.24) is 29.2 Å². The van der Waals surface area contributed by atoms with Gasteiger partial charge in [-0.25, -0.2) is 19.9 Å². The lowest BCUT2D eigenvalue weighted by Crippen LogP contribution is -2.46. The van der Waals surface area contributed by atoms with Crippen LogP contribution < -0.4 is 11.1 Å². The number of anilines is 1. The summed E-state index contributed by atoms with van der Waals surface area (Å²) in [5.74, 6) is -0.0782. The second-order valence-corrected chi connectivity index (χ2v) is 11.6. The van der Waals surface area contributed by atoms with Crippen molar-refractivity contribution >= 4 is 45.0 Å². The SMILES string of the molecule is Cc1ncc(-c2ccc3c(CC(=O)N4[C@H](C(=O)Nc5nc(Br)ccc5C)C[C@@]5(C)C[C@@H]45)nc(C(N)=O)n3c2)cn1. The van der Waals surface area contributed by atoms with Crippen LogP contribution in [0.1, 0.15) is 47.5 Å². The molecule has 3 atom stereocenters. The quantitative estimate of drug-likeness (QED) is 0.322. The third kappa shape index (κ3) is 4.51. The van der Waals surface area contributed by atoms with E-state index in [1.807, 2.05) is 19.1 Å². The highest BCUT2D eigenvalue weighted by Gasteiger charge is 2.64. The molecule has 11 nitrogen and oxygen atoms in total. The summed E-state index contributed by atoms with van der Waals surface area (Å²) < 4.78 is 2.20. The predicted octanol–water partition coefficient (Wildman–Crippen LogP) is 3.23. The monoisotopic (exact) mass is 602 g/mol. The lowest BCUT2D eigenvalue weighted by Gasteiger charge is -2.27. The van der Waals surface area contributed by atoms with Gasteiger partial charge in [-0.2, -0.15) is 0 Å². The number of aryl methyl sites for hydroxylation is 2. The van der Waals surface area contributed by atoms with E-state index in [1.165, 1.54) is 0 Å². The number of nitrogens with zero attached hydrogens (tertiary/aromatic N) is 6. The maximum absolute atomic E-state index is 13.8. The van der Waals surface area contributed by atoms with E-state index >= 15 is 0 Å². The number of carbonyl (C=O) groups is 3. The number of imidazole rings is 1. The van der Waals surface area contributed by atoms with Gasteiger partial charge in [0.05, 0.1) is 17.6 Å². The number of nitrogens with one attached hydrogen (secondary N) is 1. The van der Waals surface area contributed by atoms with Gasteiger partial charge < -0.3 is 16.0 Å². The van der Waals surface area contributed by atoms with Crippen LogP contribution in [0, 0.1) is 19.3 Å².